The lowest BCUT2D eigenvalue weighted by Gasteiger charge is -2.23. The quantitative estimate of drug-likeness (QED) is 0.871. The summed E-state index contributed by atoms with van der Waals surface area (Å²) >= 11 is 0. The molecule has 2 rings (SSSR count). The summed E-state index contributed by atoms with van der Waals surface area (Å²) in [5.41, 5.74) is 6.67. The molecule has 1 aromatic rings. The highest BCUT2D eigenvalue weighted by Gasteiger charge is 2.44. The number of benzene rings is 1. The lowest BCUT2D eigenvalue weighted by molar-refractivity contribution is -0.137. The fourth-order valence-electron chi connectivity index (χ4n) is 2.13. The summed E-state index contributed by atoms with van der Waals surface area (Å²) in [6.07, 6.45) is -3.56. The maximum Gasteiger partial charge on any atom is 0.402 e. The van der Waals surface area contributed by atoms with Crippen molar-refractivity contribution < 1.29 is 21.6 Å². The van der Waals surface area contributed by atoms with Crippen LogP contribution in [0.3, 0.4) is 0 Å². The molecule has 1 aliphatic carbocycles. The predicted molar refractivity (Wildman–Crippen MR) is 72.7 cm³/mol. The molecular formula is C13H17F3N2O2S. The normalized spacial score (nSPS) is 16.4. The van der Waals surface area contributed by atoms with Crippen molar-refractivity contribution >= 4 is 10.0 Å². The van der Waals surface area contributed by atoms with Crippen LogP contribution in [0.5, 0.6) is 0 Å². The van der Waals surface area contributed by atoms with Crippen molar-refractivity contribution in [2.75, 3.05) is 6.54 Å². The first-order valence-electron chi connectivity index (χ1n) is 6.55. The number of nitrogens with zero attached hydrogens (tertiary/aromatic N) is 1. The largest absolute Gasteiger partial charge is 0.402 e. The Bertz CT molecular complexity index is 598. The highest BCUT2D eigenvalue weighted by atomic mass is 32.2. The molecule has 0 spiro atoms. The number of hydrogen-bond donors (Lipinski definition) is 1. The first-order valence-corrected chi connectivity index (χ1v) is 8.16. The molecule has 0 unspecified atom stereocenters. The molecule has 8 heteroatoms. The molecule has 0 saturated heterocycles. The molecule has 1 aromatic carbocycles. The number of halogens is 3. The molecule has 4 nitrogen and oxygen atoms in total. The van der Waals surface area contributed by atoms with E-state index in [0.29, 0.717) is 22.7 Å². The maximum absolute atomic E-state index is 12.6. The van der Waals surface area contributed by atoms with E-state index < -0.39 is 34.5 Å². The van der Waals surface area contributed by atoms with Crippen LogP contribution in [0.2, 0.25) is 0 Å². The monoisotopic (exact) mass is 322 g/mol. The lowest BCUT2D eigenvalue weighted by atomic mass is 10.1. The average molecular weight is 322 g/mol. The molecule has 2 N–H and O–H groups in total. The Morgan fingerprint density at radius 2 is 1.86 bits per heavy atom. The minimum atomic E-state index is -4.53. The molecule has 0 aromatic heterocycles. The Morgan fingerprint density at radius 1 is 1.24 bits per heavy atom. The van der Waals surface area contributed by atoms with Crippen LogP contribution in [0.15, 0.2) is 24.3 Å². The van der Waals surface area contributed by atoms with Gasteiger partial charge in [-0.05, 0) is 24.0 Å². The lowest BCUT2D eigenvalue weighted by Crippen LogP contribution is -2.41. The summed E-state index contributed by atoms with van der Waals surface area (Å²) in [6.45, 7) is -1.17. The molecule has 0 aliphatic heterocycles. The fourth-order valence-corrected chi connectivity index (χ4v) is 3.91. The van der Waals surface area contributed by atoms with Gasteiger partial charge in [-0.25, -0.2) is 8.42 Å². The van der Waals surface area contributed by atoms with Crippen LogP contribution in [-0.2, 0) is 22.3 Å². The van der Waals surface area contributed by atoms with Crippen molar-refractivity contribution in [2.24, 2.45) is 5.73 Å². The van der Waals surface area contributed by atoms with Crippen LogP contribution in [0.4, 0.5) is 13.2 Å². The van der Waals surface area contributed by atoms with Gasteiger partial charge in [0, 0.05) is 12.6 Å². The second kappa shape index (κ2) is 5.94. The van der Waals surface area contributed by atoms with E-state index in [9.17, 15) is 21.6 Å². The number of hydrogen-bond acceptors (Lipinski definition) is 3. The average Bonchev–Trinajstić information content (AvgIpc) is 3.18. The van der Waals surface area contributed by atoms with Gasteiger partial charge in [0.05, 0.1) is 5.75 Å². The zero-order chi connectivity index (χ0) is 15.7. The predicted octanol–water partition coefficient (Wildman–Crippen LogP) is 2.00. The molecule has 1 fully saturated rings. The van der Waals surface area contributed by atoms with Gasteiger partial charge < -0.3 is 5.73 Å². The second-order valence-corrected chi connectivity index (χ2v) is 7.09. The molecule has 0 amide bonds. The molecule has 0 atom stereocenters. The second-order valence-electron chi connectivity index (χ2n) is 5.17. The molecule has 21 heavy (non-hydrogen) atoms. The van der Waals surface area contributed by atoms with E-state index in [1.54, 1.807) is 24.3 Å². The van der Waals surface area contributed by atoms with Crippen LogP contribution in [-0.4, -0.2) is 31.5 Å². The van der Waals surface area contributed by atoms with Crippen LogP contribution in [0.25, 0.3) is 0 Å². The summed E-state index contributed by atoms with van der Waals surface area (Å²) in [6, 6.07) is 6.06. The summed E-state index contributed by atoms with van der Waals surface area (Å²) in [7, 11) is -4.00. The summed E-state index contributed by atoms with van der Waals surface area (Å²) in [5, 5.41) is 0. The standard InChI is InChI=1S/C13H17F3N2O2S/c14-13(15,16)9-18(12-4-5-12)21(19,20)8-11-3-1-2-10(6-11)7-17/h1-3,6,12H,4-5,7-9,17H2. The van der Waals surface area contributed by atoms with Gasteiger partial charge in [0.1, 0.15) is 6.54 Å². The van der Waals surface area contributed by atoms with Crippen molar-refractivity contribution in [1.29, 1.82) is 0 Å². The Morgan fingerprint density at radius 3 is 2.38 bits per heavy atom. The first-order chi connectivity index (χ1) is 9.71. The first kappa shape index (κ1) is 16.3. The number of alkyl halides is 3. The van der Waals surface area contributed by atoms with E-state index in [0.717, 1.165) is 5.56 Å². The van der Waals surface area contributed by atoms with Crippen LogP contribution in [0.1, 0.15) is 24.0 Å². The Labute approximate surface area is 121 Å². The maximum atomic E-state index is 12.6. The molecule has 1 saturated carbocycles. The van der Waals surface area contributed by atoms with Crippen molar-refractivity contribution in [2.45, 2.75) is 37.4 Å². The van der Waals surface area contributed by atoms with Gasteiger partial charge in [-0.1, -0.05) is 24.3 Å². The molecule has 0 heterocycles. The van der Waals surface area contributed by atoms with Crippen molar-refractivity contribution in [3.05, 3.63) is 35.4 Å². The highest BCUT2D eigenvalue weighted by Crippen LogP contribution is 2.33. The van der Waals surface area contributed by atoms with Crippen molar-refractivity contribution in [3.63, 3.8) is 0 Å². The van der Waals surface area contributed by atoms with Gasteiger partial charge in [0.25, 0.3) is 0 Å². The number of rotatable bonds is 6. The van der Waals surface area contributed by atoms with Crippen molar-refractivity contribution in [1.82, 2.24) is 4.31 Å². The molecule has 0 bridgehead atoms. The van der Waals surface area contributed by atoms with Crippen LogP contribution < -0.4 is 5.73 Å². The fraction of sp³-hybridized carbons (Fsp3) is 0.538. The smallest absolute Gasteiger partial charge is 0.326 e. The number of nitrogens with two attached hydrogens (primary N) is 1. The third-order valence-corrected chi connectivity index (χ3v) is 5.06. The summed E-state index contributed by atoms with van der Waals surface area (Å²) in [4.78, 5) is 0. The van der Waals surface area contributed by atoms with Gasteiger partial charge in [0.2, 0.25) is 10.0 Å². The Hall–Kier alpha value is -1.12. The third kappa shape index (κ3) is 4.69. The van der Waals surface area contributed by atoms with Gasteiger partial charge in [-0.3, -0.25) is 0 Å². The van der Waals surface area contributed by atoms with Gasteiger partial charge in [-0.15, -0.1) is 0 Å². The Balaban J connectivity index is 2.18. The molecule has 118 valence electrons. The van der Waals surface area contributed by atoms with Crippen LogP contribution in [0, 0.1) is 0 Å². The van der Waals surface area contributed by atoms with E-state index in [4.69, 9.17) is 5.73 Å². The SMILES string of the molecule is NCc1cccc(CS(=O)(=O)N(CC(F)(F)F)C2CC2)c1. The van der Waals surface area contributed by atoms with Gasteiger partial charge >= 0.3 is 6.18 Å². The summed E-state index contributed by atoms with van der Waals surface area (Å²) < 4.78 is 62.8. The topological polar surface area (TPSA) is 63.4 Å². The zero-order valence-corrected chi connectivity index (χ0v) is 12.1. The van der Waals surface area contributed by atoms with Crippen molar-refractivity contribution in [3.8, 4) is 0 Å². The van der Waals surface area contributed by atoms with E-state index in [1.165, 1.54) is 0 Å². The molecular weight excluding hydrogens is 305 g/mol. The molecule has 0 radical (unpaired) electrons. The number of sulfonamides is 1. The molecule has 1 aliphatic rings. The minimum absolute atomic E-state index is 0.253. The minimum Gasteiger partial charge on any atom is -0.326 e. The highest BCUT2D eigenvalue weighted by molar-refractivity contribution is 7.88. The van der Waals surface area contributed by atoms with Gasteiger partial charge in [0.15, 0.2) is 0 Å². The van der Waals surface area contributed by atoms with Gasteiger partial charge in [-0.2, -0.15) is 17.5 Å². The Kier molecular flexibility index (Phi) is 4.60. The van der Waals surface area contributed by atoms with E-state index in [-0.39, 0.29) is 6.54 Å². The summed E-state index contributed by atoms with van der Waals surface area (Å²) in [5.74, 6) is -0.437. The van der Waals surface area contributed by atoms with E-state index in [1.807, 2.05) is 0 Å². The van der Waals surface area contributed by atoms with E-state index >= 15 is 0 Å². The zero-order valence-electron chi connectivity index (χ0n) is 11.3. The van der Waals surface area contributed by atoms with E-state index in [2.05, 4.69) is 0 Å². The van der Waals surface area contributed by atoms with Crippen LogP contribution >= 0.6 is 0 Å². The third-order valence-electron chi connectivity index (χ3n) is 3.22.